The van der Waals surface area contributed by atoms with Gasteiger partial charge in [0.2, 0.25) is 0 Å². The molecule has 1 aliphatic heterocycles. The zero-order chi connectivity index (χ0) is 20.9. The summed E-state index contributed by atoms with van der Waals surface area (Å²) in [7, 11) is 1.66. The number of benzene rings is 1. The number of pyridine rings is 1. The number of nitrogens with zero attached hydrogens (tertiary/aromatic N) is 4. The highest BCUT2D eigenvalue weighted by Gasteiger charge is 2.27. The van der Waals surface area contributed by atoms with Crippen molar-refractivity contribution in [2.75, 3.05) is 26.8 Å². The lowest BCUT2D eigenvalue weighted by atomic mass is 10.1. The van der Waals surface area contributed by atoms with Gasteiger partial charge >= 0.3 is 0 Å². The molecule has 0 saturated carbocycles. The Morgan fingerprint density at radius 3 is 2.87 bits per heavy atom. The van der Waals surface area contributed by atoms with E-state index in [0.717, 1.165) is 28.4 Å². The number of aromatic nitrogens is 3. The Kier molecular flexibility index (Phi) is 5.99. The molecule has 1 fully saturated rings. The van der Waals surface area contributed by atoms with Crippen molar-refractivity contribution in [3.05, 3.63) is 83.2 Å². The molecule has 154 valence electrons. The molecule has 2 aromatic heterocycles. The summed E-state index contributed by atoms with van der Waals surface area (Å²) in [5.74, 6) is 0.691. The summed E-state index contributed by atoms with van der Waals surface area (Å²) in [6.45, 7) is 3.26. The van der Waals surface area contributed by atoms with Crippen LogP contribution in [0.4, 0.5) is 0 Å². The van der Waals surface area contributed by atoms with Gasteiger partial charge in [-0.1, -0.05) is 18.2 Å². The maximum Gasteiger partial charge on any atom is 0.274 e. The molecule has 1 atom stereocenters. The predicted molar refractivity (Wildman–Crippen MR) is 111 cm³/mol. The van der Waals surface area contributed by atoms with Gasteiger partial charge in [-0.15, -0.1) is 0 Å². The zero-order valence-corrected chi connectivity index (χ0v) is 17.1. The Morgan fingerprint density at radius 2 is 2.07 bits per heavy atom. The molecular weight excluding hydrogens is 380 g/mol. The SMILES string of the molecule is COc1cccc(Cc2cccc([C@@H]3CN(C(=O)c4cnc(C)cn4)CCO3)n2)c1. The lowest BCUT2D eigenvalue weighted by Crippen LogP contribution is -2.42. The van der Waals surface area contributed by atoms with Crippen molar-refractivity contribution in [2.45, 2.75) is 19.4 Å². The Hall–Kier alpha value is -3.32. The average molecular weight is 404 g/mol. The van der Waals surface area contributed by atoms with Gasteiger partial charge in [-0.2, -0.15) is 0 Å². The van der Waals surface area contributed by atoms with Crippen molar-refractivity contribution < 1.29 is 14.3 Å². The molecule has 0 spiro atoms. The molecule has 1 aromatic carbocycles. The first kappa shape index (κ1) is 20.0. The highest BCUT2D eigenvalue weighted by molar-refractivity contribution is 5.92. The van der Waals surface area contributed by atoms with Crippen LogP contribution in [0.5, 0.6) is 5.75 Å². The van der Waals surface area contributed by atoms with Crippen LogP contribution in [0.1, 0.15) is 39.2 Å². The van der Waals surface area contributed by atoms with Crippen molar-refractivity contribution >= 4 is 5.91 Å². The van der Waals surface area contributed by atoms with Crippen LogP contribution in [-0.2, 0) is 11.2 Å². The van der Waals surface area contributed by atoms with Crippen molar-refractivity contribution in [3.63, 3.8) is 0 Å². The molecule has 0 aliphatic carbocycles. The van der Waals surface area contributed by atoms with Crippen LogP contribution in [0.2, 0.25) is 0 Å². The lowest BCUT2D eigenvalue weighted by Gasteiger charge is -2.32. The number of rotatable bonds is 5. The summed E-state index contributed by atoms with van der Waals surface area (Å²) in [6, 6.07) is 13.9. The number of carbonyl (C=O) groups is 1. The molecule has 3 aromatic rings. The van der Waals surface area contributed by atoms with Crippen molar-refractivity contribution in [2.24, 2.45) is 0 Å². The second kappa shape index (κ2) is 9.00. The van der Waals surface area contributed by atoms with Crippen LogP contribution in [0, 0.1) is 6.92 Å². The molecule has 7 heteroatoms. The molecule has 3 heterocycles. The molecule has 1 saturated heterocycles. The largest absolute Gasteiger partial charge is 0.497 e. The second-order valence-corrected chi connectivity index (χ2v) is 7.24. The van der Waals surface area contributed by atoms with E-state index in [2.05, 4.69) is 16.0 Å². The van der Waals surface area contributed by atoms with Gasteiger partial charge in [0.15, 0.2) is 0 Å². The van der Waals surface area contributed by atoms with Gasteiger partial charge in [-0.3, -0.25) is 14.8 Å². The molecule has 1 amide bonds. The number of morpholine rings is 1. The summed E-state index contributed by atoms with van der Waals surface area (Å²) in [5.41, 5.74) is 4.02. The Labute approximate surface area is 175 Å². The molecule has 0 radical (unpaired) electrons. The smallest absolute Gasteiger partial charge is 0.274 e. The molecule has 0 N–H and O–H groups in total. The number of amides is 1. The summed E-state index contributed by atoms with van der Waals surface area (Å²) >= 11 is 0. The van der Waals surface area contributed by atoms with Crippen molar-refractivity contribution in [3.8, 4) is 5.75 Å². The number of methoxy groups -OCH3 is 1. The van der Waals surface area contributed by atoms with E-state index in [0.29, 0.717) is 31.8 Å². The van der Waals surface area contributed by atoms with E-state index >= 15 is 0 Å². The standard InChI is InChI=1S/C23H24N4O3/c1-16-13-25-21(14-24-16)23(28)27-9-10-30-22(15-27)20-8-4-6-18(26-20)11-17-5-3-7-19(12-17)29-2/h3-8,12-14,22H,9-11,15H2,1-2H3/t22-/m0/s1. The third-order valence-electron chi connectivity index (χ3n) is 5.03. The molecule has 0 bridgehead atoms. The maximum absolute atomic E-state index is 12.8. The van der Waals surface area contributed by atoms with Crippen LogP contribution >= 0.6 is 0 Å². The monoisotopic (exact) mass is 404 g/mol. The Morgan fingerprint density at radius 1 is 1.20 bits per heavy atom. The van der Waals surface area contributed by atoms with Crippen LogP contribution in [0.15, 0.2) is 54.9 Å². The average Bonchev–Trinajstić information content (AvgIpc) is 2.79. The minimum Gasteiger partial charge on any atom is -0.497 e. The normalized spacial score (nSPS) is 16.3. The fourth-order valence-electron chi connectivity index (χ4n) is 3.45. The van der Waals surface area contributed by atoms with Crippen molar-refractivity contribution in [1.29, 1.82) is 0 Å². The van der Waals surface area contributed by atoms with Crippen LogP contribution in [-0.4, -0.2) is 52.6 Å². The van der Waals surface area contributed by atoms with Gasteiger partial charge in [0.25, 0.3) is 5.91 Å². The molecule has 30 heavy (non-hydrogen) atoms. The molecule has 0 unspecified atom stereocenters. The van der Waals surface area contributed by atoms with E-state index in [1.807, 2.05) is 43.3 Å². The zero-order valence-electron chi connectivity index (χ0n) is 17.1. The molecule has 4 rings (SSSR count). The first-order valence-electron chi connectivity index (χ1n) is 9.90. The van der Waals surface area contributed by atoms with E-state index in [1.54, 1.807) is 18.2 Å². The van der Waals surface area contributed by atoms with Crippen molar-refractivity contribution in [1.82, 2.24) is 19.9 Å². The minimum absolute atomic E-state index is 0.136. The van der Waals surface area contributed by atoms with Crippen LogP contribution in [0.3, 0.4) is 0 Å². The molecular formula is C23H24N4O3. The summed E-state index contributed by atoms with van der Waals surface area (Å²) < 4.78 is 11.2. The topological polar surface area (TPSA) is 77.4 Å². The Balaban J connectivity index is 1.47. The van der Waals surface area contributed by atoms with Gasteiger partial charge in [0.05, 0.1) is 37.8 Å². The summed E-state index contributed by atoms with van der Waals surface area (Å²) in [6.07, 6.45) is 3.55. The third-order valence-corrected chi connectivity index (χ3v) is 5.03. The quantitative estimate of drug-likeness (QED) is 0.651. The van der Waals surface area contributed by atoms with E-state index in [-0.39, 0.29) is 12.0 Å². The van der Waals surface area contributed by atoms with Gasteiger partial charge < -0.3 is 14.4 Å². The van der Waals surface area contributed by atoms with E-state index < -0.39 is 0 Å². The highest BCUT2D eigenvalue weighted by Crippen LogP contribution is 2.23. The van der Waals surface area contributed by atoms with Crippen LogP contribution < -0.4 is 4.74 Å². The van der Waals surface area contributed by atoms with Gasteiger partial charge in [0.1, 0.15) is 17.5 Å². The highest BCUT2D eigenvalue weighted by atomic mass is 16.5. The summed E-state index contributed by atoms with van der Waals surface area (Å²) in [5, 5.41) is 0. The van der Waals surface area contributed by atoms with E-state index in [9.17, 15) is 4.79 Å². The Bertz CT molecular complexity index is 1020. The number of ether oxygens (including phenoxy) is 2. The first-order valence-corrected chi connectivity index (χ1v) is 9.90. The third kappa shape index (κ3) is 4.63. The fraction of sp³-hybridized carbons (Fsp3) is 0.304. The second-order valence-electron chi connectivity index (χ2n) is 7.24. The van der Waals surface area contributed by atoms with E-state index in [4.69, 9.17) is 14.5 Å². The first-order chi connectivity index (χ1) is 14.6. The lowest BCUT2D eigenvalue weighted by molar-refractivity contribution is -0.0250. The molecule has 1 aliphatic rings. The summed E-state index contributed by atoms with van der Waals surface area (Å²) in [4.78, 5) is 27.7. The van der Waals surface area contributed by atoms with Gasteiger partial charge in [-0.25, -0.2) is 4.98 Å². The van der Waals surface area contributed by atoms with Gasteiger partial charge in [0, 0.05) is 24.9 Å². The number of carbonyl (C=O) groups excluding carboxylic acids is 1. The van der Waals surface area contributed by atoms with Gasteiger partial charge in [-0.05, 0) is 36.8 Å². The predicted octanol–water partition coefficient (Wildman–Crippen LogP) is 2.99. The van der Waals surface area contributed by atoms with E-state index in [1.165, 1.54) is 6.20 Å². The number of hydrogen-bond donors (Lipinski definition) is 0. The minimum atomic E-state index is -0.272. The molecule has 7 nitrogen and oxygen atoms in total. The number of hydrogen-bond acceptors (Lipinski definition) is 6. The fourth-order valence-corrected chi connectivity index (χ4v) is 3.45. The number of aryl methyl sites for hydroxylation is 1. The van der Waals surface area contributed by atoms with Crippen LogP contribution in [0.25, 0.3) is 0 Å². The maximum atomic E-state index is 12.8.